The van der Waals surface area contributed by atoms with Crippen LogP contribution in [0, 0.1) is 0 Å². The fourth-order valence-electron chi connectivity index (χ4n) is 0.720. The molecule has 2 rings (SSSR count). The quantitative estimate of drug-likeness (QED) is 0.598. The van der Waals surface area contributed by atoms with Crippen molar-refractivity contribution in [3.05, 3.63) is 18.5 Å². The molecule has 0 spiro atoms. The lowest BCUT2D eigenvalue weighted by Crippen LogP contribution is -1.92. The van der Waals surface area contributed by atoms with Crippen molar-refractivity contribution in [1.82, 2.24) is 30.8 Å². The topological polar surface area (TPSA) is 80.2 Å². The predicted octanol–water partition coefficient (Wildman–Crippen LogP) is -0.343. The average Bonchev–Trinajstić information content (AvgIpc) is 2.58. The first kappa shape index (κ1) is 5.90. The maximum Gasteiger partial charge on any atom is 0.133 e. The molecule has 0 unspecified atom stereocenters. The smallest absolute Gasteiger partial charge is 0.133 e. The average molecular weight is 148 g/mol. The number of aromatic nitrogens is 6. The van der Waals surface area contributed by atoms with Crippen LogP contribution in [0.2, 0.25) is 0 Å². The Hall–Kier alpha value is -1.85. The number of aromatic amines is 1. The lowest BCUT2D eigenvalue weighted by Gasteiger charge is -1.88. The van der Waals surface area contributed by atoms with Crippen LogP contribution in [0.3, 0.4) is 0 Å². The summed E-state index contributed by atoms with van der Waals surface area (Å²) in [7, 11) is 0. The van der Waals surface area contributed by atoms with E-state index in [4.69, 9.17) is 0 Å². The van der Waals surface area contributed by atoms with Crippen LogP contribution < -0.4 is 0 Å². The van der Waals surface area contributed by atoms with Gasteiger partial charge in [0.1, 0.15) is 5.69 Å². The standard InChI is InChI=1S/C5H4N6/c1-2-6-8-4(1)5-3-7-10-11-9-5/h1-3H,(H,6,8). The third-order valence-electron chi connectivity index (χ3n) is 1.20. The minimum atomic E-state index is 0.637. The van der Waals surface area contributed by atoms with Crippen molar-refractivity contribution in [2.45, 2.75) is 0 Å². The first-order chi connectivity index (χ1) is 5.47. The van der Waals surface area contributed by atoms with Gasteiger partial charge in [-0.1, -0.05) is 0 Å². The third kappa shape index (κ3) is 1.05. The Morgan fingerprint density at radius 1 is 1.27 bits per heavy atom. The normalized spacial score (nSPS) is 9.82. The van der Waals surface area contributed by atoms with E-state index in [1.165, 1.54) is 6.20 Å². The van der Waals surface area contributed by atoms with Crippen LogP contribution in [0.5, 0.6) is 0 Å². The lowest BCUT2D eigenvalue weighted by molar-refractivity contribution is 0.764. The summed E-state index contributed by atoms with van der Waals surface area (Å²) in [4.78, 5) is 0. The van der Waals surface area contributed by atoms with E-state index in [9.17, 15) is 0 Å². The van der Waals surface area contributed by atoms with Gasteiger partial charge >= 0.3 is 0 Å². The zero-order chi connectivity index (χ0) is 7.52. The van der Waals surface area contributed by atoms with Gasteiger partial charge in [-0.3, -0.25) is 5.10 Å². The Kier molecular flexibility index (Phi) is 1.29. The monoisotopic (exact) mass is 148 g/mol. The van der Waals surface area contributed by atoms with Gasteiger partial charge < -0.3 is 0 Å². The van der Waals surface area contributed by atoms with E-state index in [-0.39, 0.29) is 0 Å². The van der Waals surface area contributed by atoms with Crippen LogP contribution in [0.25, 0.3) is 11.4 Å². The Balaban J connectivity index is 2.46. The van der Waals surface area contributed by atoms with E-state index in [1.54, 1.807) is 12.3 Å². The largest absolute Gasteiger partial charge is 0.276 e. The Labute approximate surface area is 61.7 Å². The van der Waals surface area contributed by atoms with Gasteiger partial charge in [0.05, 0.1) is 11.9 Å². The van der Waals surface area contributed by atoms with Crippen molar-refractivity contribution in [3.8, 4) is 11.4 Å². The molecule has 2 aromatic heterocycles. The second-order valence-electron chi connectivity index (χ2n) is 1.88. The second kappa shape index (κ2) is 2.41. The van der Waals surface area contributed by atoms with Crippen molar-refractivity contribution in [3.63, 3.8) is 0 Å². The van der Waals surface area contributed by atoms with Crippen molar-refractivity contribution >= 4 is 0 Å². The number of nitrogens with one attached hydrogen (secondary N) is 1. The van der Waals surface area contributed by atoms with Gasteiger partial charge in [0.25, 0.3) is 0 Å². The fourth-order valence-corrected chi connectivity index (χ4v) is 0.720. The molecule has 0 aliphatic rings. The van der Waals surface area contributed by atoms with Crippen molar-refractivity contribution in [2.75, 3.05) is 0 Å². The van der Waals surface area contributed by atoms with Crippen LogP contribution in [0.4, 0.5) is 0 Å². The molecule has 0 aliphatic carbocycles. The predicted molar refractivity (Wildman–Crippen MR) is 35.2 cm³/mol. The van der Waals surface area contributed by atoms with Crippen LogP contribution in [-0.2, 0) is 0 Å². The van der Waals surface area contributed by atoms with Crippen molar-refractivity contribution < 1.29 is 0 Å². The molecule has 2 heterocycles. The van der Waals surface area contributed by atoms with Gasteiger partial charge in [0.2, 0.25) is 0 Å². The SMILES string of the molecule is c1cc(-c2cnnnn2)[nH]n1. The van der Waals surface area contributed by atoms with Crippen molar-refractivity contribution in [2.24, 2.45) is 0 Å². The fraction of sp³-hybridized carbons (Fsp3) is 0. The Bertz CT molecular complexity index is 314. The van der Waals surface area contributed by atoms with Gasteiger partial charge in [0.15, 0.2) is 0 Å². The van der Waals surface area contributed by atoms with E-state index >= 15 is 0 Å². The van der Waals surface area contributed by atoms with Gasteiger partial charge in [0, 0.05) is 6.20 Å². The number of rotatable bonds is 1. The highest BCUT2D eigenvalue weighted by atomic mass is 15.4. The van der Waals surface area contributed by atoms with Crippen LogP contribution in [0.15, 0.2) is 18.5 Å². The van der Waals surface area contributed by atoms with Gasteiger partial charge in [-0.05, 0) is 16.5 Å². The first-order valence-corrected chi connectivity index (χ1v) is 2.97. The van der Waals surface area contributed by atoms with Crippen LogP contribution >= 0.6 is 0 Å². The summed E-state index contributed by atoms with van der Waals surface area (Å²) in [5, 5.41) is 20.5. The molecule has 0 saturated carbocycles. The maximum atomic E-state index is 3.76. The van der Waals surface area contributed by atoms with Gasteiger partial charge in [-0.25, -0.2) is 0 Å². The molecule has 0 atom stereocenters. The molecule has 1 N–H and O–H groups in total. The van der Waals surface area contributed by atoms with Crippen molar-refractivity contribution in [1.29, 1.82) is 0 Å². The maximum absolute atomic E-state index is 3.76. The highest BCUT2D eigenvalue weighted by Gasteiger charge is 1.98. The van der Waals surface area contributed by atoms with Gasteiger partial charge in [-0.2, -0.15) is 5.10 Å². The molecule has 0 aromatic carbocycles. The summed E-state index contributed by atoms with van der Waals surface area (Å²) in [6, 6.07) is 1.78. The molecule has 54 valence electrons. The minimum absolute atomic E-state index is 0.637. The summed E-state index contributed by atoms with van der Waals surface area (Å²) < 4.78 is 0. The lowest BCUT2D eigenvalue weighted by atomic mass is 10.3. The molecule has 0 fully saturated rings. The summed E-state index contributed by atoms with van der Waals surface area (Å²) in [6.07, 6.45) is 3.15. The summed E-state index contributed by atoms with van der Waals surface area (Å²) in [6.45, 7) is 0. The molecule has 0 saturated heterocycles. The molecule has 6 heteroatoms. The van der Waals surface area contributed by atoms with E-state index in [0.29, 0.717) is 5.69 Å². The van der Waals surface area contributed by atoms with E-state index in [0.717, 1.165) is 5.69 Å². The third-order valence-corrected chi connectivity index (χ3v) is 1.20. The number of hydrogen-bond donors (Lipinski definition) is 1. The highest BCUT2D eigenvalue weighted by molar-refractivity contribution is 5.50. The molecule has 6 nitrogen and oxygen atoms in total. The molecule has 2 aromatic rings. The second-order valence-corrected chi connectivity index (χ2v) is 1.88. The summed E-state index contributed by atoms with van der Waals surface area (Å²) >= 11 is 0. The number of hydrogen-bond acceptors (Lipinski definition) is 5. The Morgan fingerprint density at radius 3 is 2.91 bits per heavy atom. The molecular weight excluding hydrogens is 144 g/mol. The van der Waals surface area contributed by atoms with E-state index in [1.807, 2.05) is 0 Å². The zero-order valence-electron chi connectivity index (χ0n) is 5.47. The van der Waals surface area contributed by atoms with Crippen LogP contribution in [0.1, 0.15) is 0 Å². The number of nitrogens with zero attached hydrogens (tertiary/aromatic N) is 5. The zero-order valence-corrected chi connectivity index (χ0v) is 5.47. The molecule has 0 bridgehead atoms. The van der Waals surface area contributed by atoms with Crippen LogP contribution in [-0.4, -0.2) is 30.8 Å². The number of H-pyrrole nitrogens is 1. The molecule has 0 aliphatic heterocycles. The summed E-state index contributed by atoms with van der Waals surface area (Å²) in [5.74, 6) is 0. The molecule has 0 radical (unpaired) electrons. The van der Waals surface area contributed by atoms with Gasteiger partial charge in [-0.15, -0.1) is 10.2 Å². The highest BCUT2D eigenvalue weighted by Crippen LogP contribution is 2.07. The van der Waals surface area contributed by atoms with E-state index in [2.05, 4.69) is 30.8 Å². The summed E-state index contributed by atoms with van der Waals surface area (Å²) in [5.41, 5.74) is 1.42. The molecular formula is C5H4N6. The minimum Gasteiger partial charge on any atom is -0.276 e. The van der Waals surface area contributed by atoms with E-state index < -0.39 is 0 Å². The molecule has 11 heavy (non-hydrogen) atoms. The first-order valence-electron chi connectivity index (χ1n) is 2.97. The Morgan fingerprint density at radius 2 is 2.27 bits per heavy atom. The molecule has 0 amide bonds.